The summed E-state index contributed by atoms with van der Waals surface area (Å²) in [6.45, 7) is 4.79. The van der Waals surface area contributed by atoms with E-state index in [9.17, 15) is 14.3 Å². The van der Waals surface area contributed by atoms with Crippen LogP contribution in [0.25, 0.3) is 5.69 Å². The van der Waals surface area contributed by atoms with Gasteiger partial charge in [-0.25, -0.2) is 9.07 Å². The third kappa shape index (κ3) is 3.27. The molecule has 0 radical (unpaired) electrons. The third-order valence-corrected chi connectivity index (χ3v) is 4.15. The topological polar surface area (TPSA) is 58.4 Å². The maximum atomic E-state index is 13.0. The number of hydrogen-bond donors (Lipinski definition) is 1. The Bertz CT molecular complexity index is 701. The summed E-state index contributed by atoms with van der Waals surface area (Å²) < 4.78 is 14.6. The number of halogens is 1. The Kier molecular flexibility index (Phi) is 4.17. The lowest BCUT2D eigenvalue weighted by Crippen LogP contribution is -2.45. The van der Waals surface area contributed by atoms with E-state index in [1.165, 1.54) is 12.1 Å². The predicted octanol–water partition coefficient (Wildman–Crippen LogP) is 2.16. The number of piperidine rings is 1. The van der Waals surface area contributed by atoms with Crippen molar-refractivity contribution < 1.29 is 14.3 Å². The van der Waals surface area contributed by atoms with Gasteiger partial charge in [0.1, 0.15) is 5.82 Å². The van der Waals surface area contributed by atoms with Crippen molar-refractivity contribution in [2.24, 2.45) is 5.92 Å². The Morgan fingerprint density at radius 3 is 2.65 bits per heavy atom. The Labute approximate surface area is 134 Å². The van der Waals surface area contributed by atoms with Gasteiger partial charge in [0.15, 0.2) is 0 Å². The predicted molar refractivity (Wildman–Crippen MR) is 84.0 cm³/mol. The molecule has 1 amide bonds. The number of likely N-dealkylation sites (tertiary alicyclic amines) is 1. The number of benzene rings is 1. The van der Waals surface area contributed by atoms with Gasteiger partial charge in [0.25, 0.3) is 5.91 Å². The van der Waals surface area contributed by atoms with Crippen LogP contribution in [0.1, 0.15) is 29.4 Å². The number of hydrogen-bond acceptors (Lipinski definition) is 3. The number of rotatable bonds is 2. The molecule has 122 valence electrons. The molecule has 1 saturated heterocycles. The zero-order chi connectivity index (χ0) is 16.6. The van der Waals surface area contributed by atoms with E-state index in [4.69, 9.17) is 0 Å². The molecule has 1 aliphatic heterocycles. The largest absolute Gasteiger partial charge is 0.391 e. The zero-order valence-electron chi connectivity index (χ0n) is 13.2. The molecule has 5 nitrogen and oxygen atoms in total. The first kappa shape index (κ1) is 15.7. The van der Waals surface area contributed by atoms with Crippen LogP contribution in [0.5, 0.6) is 0 Å². The minimum atomic E-state index is -0.477. The zero-order valence-corrected chi connectivity index (χ0v) is 13.2. The van der Waals surface area contributed by atoms with Gasteiger partial charge in [0.2, 0.25) is 0 Å². The van der Waals surface area contributed by atoms with Crippen LogP contribution in [0, 0.1) is 18.7 Å². The van der Waals surface area contributed by atoms with Gasteiger partial charge in [-0.05, 0) is 43.5 Å². The number of carbonyl (C=O) groups excluding carboxylic acids is 1. The Balaban J connectivity index is 1.85. The summed E-state index contributed by atoms with van der Waals surface area (Å²) in [5, 5.41) is 14.2. The summed E-state index contributed by atoms with van der Waals surface area (Å²) in [5.74, 6) is -0.165. The minimum Gasteiger partial charge on any atom is -0.391 e. The fourth-order valence-corrected chi connectivity index (χ4v) is 3.05. The first-order chi connectivity index (χ1) is 10.9. The number of aryl methyl sites for hydroxylation is 1. The lowest BCUT2D eigenvalue weighted by atomic mass is 9.97. The van der Waals surface area contributed by atoms with Gasteiger partial charge in [0, 0.05) is 19.3 Å². The molecule has 6 heteroatoms. The molecule has 2 aromatic rings. The quantitative estimate of drug-likeness (QED) is 0.923. The molecule has 23 heavy (non-hydrogen) atoms. The van der Waals surface area contributed by atoms with Crippen molar-refractivity contribution in [3.05, 3.63) is 47.5 Å². The molecule has 0 aliphatic carbocycles. The van der Waals surface area contributed by atoms with Crippen molar-refractivity contribution in [1.82, 2.24) is 14.7 Å². The van der Waals surface area contributed by atoms with E-state index in [0.717, 1.165) is 6.42 Å². The van der Waals surface area contributed by atoms with Crippen molar-refractivity contribution >= 4 is 5.91 Å². The summed E-state index contributed by atoms with van der Waals surface area (Å²) in [5.41, 5.74) is 1.82. The van der Waals surface area contributed by atoms with E-state index in [1.54, 1.807) is 34.8 Å². The normalized spacial score (nSPS) is 21.5. The summed E-state index contributed by atoms with van der Waals surface area (Å²) in [6, 6.07) is 5.94. The van der Waals surface area contributed by atoms with E-state index in [1.807, 2.05) is 6.92 Å². The third-order valence-electron chi connectivity index (χ3n) is 4.15. The van der Waals surface area contributed by atoms with Gasteiger partial charge in [0.05, 0.1) is 23.0 Å². The van der Waals surface area contributed by atoms with Crippen LogP contribution in [0.15, 0.2) is 30.5 Å². The Hall–Kier alpha value is -2.21. The average Bonchev–Trinajstić information content (AvgIpc) is 2.88. The highest BCUT2D eigenvalue weighted by Crippen LogP contribution is 2.20. The van der Waals surface area contributed by atoms with Gasteiger partial charge in [-0.3, -0.25) is 4.79 Å². The smallest absolute Gasteiger partial charge is 0.257 e. The standard InChI is InChI=1S/C17H20FN3O2/c1-11-7-15(22)9-20(8-11)17(23)16-10-21(19-12(16)2)14-5-3-13(18)4-6-14/h3-6,10-11,15,22H,7-9H2,1-2H3. The summed E-state index contributed by atoms with van der Waals surface area (Å²) in [6.07, 6.45) is 1.91. The molecule has 0 saturated carbocycles. The van der Waals surface area contributed by atoms with Crippen molar-refractivity contribution in [2.45, 2.75) is 26.4 Å². The molecule has 0 spiro atoms. The van der Waals surface area contributed by atoms with E-state index >= 15 is 0 Å². The van der Waals surface area contributed by atoms with Crippen LogP contribution in [0.4, 0.5) is 4.39 Å². The van der Waals surface area contributed by atoms with E-state index < -0.39 is 6.10 Å². The molecule has 2 atom stereocenters. The highest BCUT2D eigenvalue weighted by Gasteiger charge is 2.28. The summed E-state index contributed by atoms with van der Waals surface area (Å²) in [7, 11) is 0. The van der Waals surface area contributed by atoms with Crippen LogP contribution in [0.3, 0.4) is 0 Å². The lowest BCUT2D eigenvalue weighted by Gasteiger charge is -2.34. The highest BCUT2D eigenvalue weighted by atomic mass is 19.1. The number of carbonyl (C=O) groups is 1. The fraction of sp³-hybridized carbons (Fsp3) is 0.412. The number of β-amino-alcohol motifs (C(OH)–C–C–N with tert-alkyl or cyclic N) is 1. The second kappa shape index (κ2) is 6.12. The minimum absolute atomic E-state index is 0.124. The number of aliphatic hydroxyl groups is 1. The molecule has 2 heterocycles. The fourth-order valence-electron chi connectivity index (χ4n) is 3.05. The maximum Gasteiger partial charge on any atom is 0.257 e. The Morgan fingerprint density at radius 1 is 1.30 bits per heavy atom. The number of nitrogens with zero attached hydrogens (tertiary/aromatic N) is 3. The summed E-state index contributed by atoms with van der Waals surface area (Å²) >= 11 is 0. The highest BCUT2D eigenvalue weighted by molar-refractivity contribution is 5.95. The van der Waals surface area contributed by atoms with Crippen LogP contribution in [-0.2, 0) is 0 Å². The monoisotopic (exact) mass is 317 g/mol. The molecule has 1 fully saturated rings. The molecule has 1 aromatic carbocycles. The van der Waals surface area contributed by atoms with Crippen LogP contribution in [0.2, 0.25) is 0 Å². The molecule has 0 bridgehead atoms. The van der Waals surface area contributed by atoms with Crippen LogP contribution >= 0.6 is 0 Å². The molecular formula is C17H20FN3O2. The molecule has 2 unspecified atom stereocenters. The van der Waals surface area contributed by atoms with Crippen molar-refractivity contribution in [2.75, 3.05) is 13.1 Å². The second-order valence-electron chi connectivity index (χ2n) is 6.25. The van der Waals surface area contributed by atoms with Gasteiger partial charge >= 0.3 is 0 Å². The van der Waals surface area contributed by atoms with Crippen LogP contribution < -0.4 is 0 Å². The molecule has 1 aromatic heterocycles. The van der Waals surface area contributed by atoms with Gasteiger partial charge in [-0.2, -0.15) is 5.10 Å². The van der Waals surface area contributed by atoms with Gasteiger partial charge in [-0.15, -0.1) is 0 Å². The number of aromatic nitrogens is 2. The second-order valence-corrected chi connectivity index (χ2v) is 6.25. The van der Waals surface area contributed by atoms with Crippen LogP contribution in [-0.4, -0.2) is 44.9 Å². The van der Waals surface area contributed by atoms with E-state index in [-0.39, 0.29) is 17.6 Å². The van der Waals surface area contributed by atoms with Crippen molar-refractivity contribution in [1.29, 1.82) is 0 Å². The van der Waals surface area contributed by atoms with Crippen molar-refractivity contribution in [3.63, 3.8) is 0 Å². The first-order valence-corrected chi connectivity index (χ1v) is 7.73. The number of amides is 1. The summed E-state index contributed by atoms with van der Waals surface area (Å²) in [4.78, 5) is 14.4. The average molecular weight is 317 g/mol. The van der Waals surface area contributed by atoms with E-state index in [2.05, 4.69) is 5.10 Å². The molecule has 1 N–H and O–H groups in total. The van der Waals surface area contributed by atoms with E-state index in [0.29, 0.717) is 30.0 Å². The molecule has 1 aliphatic rings. The van der Waals surface area contributed by atoms with Gasteiger partial charge < -0.3 is 10.0 Å². The Morgan fingerprint density at radius 2 is 2.00 bits per heavy atom. The maximum absolute atomic E-state index is 13.0. The number of aliphatic hydroxyl groups excluding tert-OH is 1. The SMILES string of the molecule is Cc1nn(-c2ccc(F)cc2)cc1C(=O)N1CC(C)CC(O)C1. The van der Waals surface area contributed by atoms with Crippen molar-refractivity contribution in [3.8, 4) is 5.69 Å². The van der Waals surface area contributed by atoms with Gasteiger partial charge in [-0.1, -0.05) is 6.92 Å². The molecule has 3 rings (SSSR count). The molecular weight excluding hydrogens is 297 g/mol. The lowest BCUT2D eigenvalue weighted by molar-refractivity contribution is 0.0338. The first-order valence-electron chi connectivity index (χ1n) is 7.73.